The molecule has 0 amide bonds. The van der Waals surface area contributed by atoms with Crippen LogP contribution in [0.15, 0.2) is 12.1 Å². The Morgan fingerprint density at radius 3 is 2.33 bits per heavy atom. The molecule has 0 nitrogen and oxygen atoms in total. The molecule has 12 heavy (non-hydrogen) atoms. The largest absolute Gasteiger partial charge is 0.207 e. The van der Waals surface area contributed by atoms with Crippen molar-refractivity contribution >= 4 is 15.9 Å². The lowest BCUT2D eigenvalue weighted by atomic mass is 10.1. The maximum absolute atomic E-state index is 13.0. The molecule has 0 aliphatic rings. The van der Waals surface area contributed by atoms with Crippen LogP contribution in [-0.2, 0) is 0 Å². The van der Waals surface area contributed by atoms with Crippen molar-refractivity contribution < 1.29 is 8.78 Å². The van der Waals surface area contributed by atoms with Crippen LogP contribution in [0.25, 0.3) is 0 Å². The van der Waals surface area contributed by atoms with Gasteiger partial charge in [-0.1, -0.05) is 15.9 Å². The lowest BCUT2D eigenvalue weighted by Gasteiger charge is -2.06. The Kier molecular flexibility index (Phi) is 2.83. The average molecular weight is 235 g/mol. The molecule has 1 aromatic carbocycles. The fourth-order valence-corrected chi connectivity index (χ4v) is 1.34. The molecule has 1 atom stereocenters. The first-order valence-electron chi connectivity index (χ1n) is 3.62. The summed E-state index contributed by atoms with van der Waals surface area (Å²) in [7, 11) is 0. The number of aryl methyl sites for hydroxylation is 1. The molecule has 66 valence electrons. The molecule has 0 aliphatic heterocycles. The maximum Gasteiger partial charge on any atom is 0.130 e. The van der Waals surface area contributed by atoms with E-state index in [0.29, 0.717) is 11.1 Å². The van der Waals surface area contributed by atoms with Crippen molar-refractivity contribution in [3.63, 3.8) is 0 Å². The molecule has 0 spiro atoms. The molecule has 0 radical (unpaired) electrons. The number of hydrogen-bond donors (Lipinski definition) is 0. The summed E-state index contributed by atoms with van der Waals surface area (Å²) < 4.78 is 25.8. The van der Waals surface area contributed by atoms with E-state index in [0.717, 1.165) is 6.07 Å². The summed E-state index contributed by atoms with van der Waals surface area (Å²) in [5.74, 6) is -0.994. The third-order valence-corrected chi connectivity index (χ3v) is 2.20. The summed E-state index contributed by atoms with van der Waals surface area (Å²) in [6.45, 7) is 3.42. The first-order valence-corrected chi connectivity index (χ1v) is 4.53. The molecular weight excluding hydrogens is 226 g/mol. The van der Waals surface area contributed by atoms with E-state index < -0.39 is 11.6 Å². The van der Waals surface area contributed by atoms with Crippen LogP contribution in [0.3, 0.4) is 0 Å². The summed E-state index contributed by atoms with van der Waals surface area (Å²) in [5, 5.41) is 0. The third kappa shape index (κ3) is 1.83. The molecule has 0 N–H and O–H groups in total. The number of hydrogen-bond acceptors (Lipinski definition) is 0. The van der Waals surface area contributed by atoms with Gasteiger partial charge in [-0.05, 0) is 25.5 Å². The van der Waals surface area contributed by atoms with Gasteiger partial charge in [-0.3, -0.25) is 0 Å². The molecule has 1 unspecified atom stereocenters. The van der Waals surface area contributed by atoms with Crippen LogP contribution in [0.2, 0.25) is 0 Å². The van der Waals surface area contributed by atoms with E-state index in [4.69, 9.17) is 0 Å². The number of alkyl halides is 1. The number of halogens is 3. The predicted octanol–water partition coefficient (Wildman–Crippen LogP) is 3.73. The summed E-state index contributed by atoms with van der Waals surface area (Å²) >= 11 is 3.23. The Labute approximate surface area is 78.7 Å². The van der Waals surface area contributed by atoms with E-state index in [1.807, 2.05) is 0 Å². The molecule has 0 bridgehead atoms. The van der Waals surface area contributed by atoms with Gasteiger partial charge >= 0.3 is 0 Å². The zero-order valence-electron chi connectivity index (χ0n) is 6.87. The molecule has 0 aromatic heterocycles. The van der Waals surface area contributed by atoms with Gasteiger partial charge in [-0.2, -0.15) is 0 Å². The first-order chi connectivity index (χ1) is 5.52. The summed E-state index contributed by atoms with van der Waals surface area (Å²) in [6.07, 6.45) is 0. The van der Waals surface area contributed by atoms with E-state index in [9.17, 15) is 8.78 Å². The van der Waals surface area contributed by atoms with Crippen LogP contribution in [0.5, 0.6) is 0 Å². The van der Waals surface area contributed by atoms with E-state index in [2.05, 4.69) is 15.9 Å². The second kappa shape index (κ2) is 3.52. The zero-order chi connectivity index (χ0) is 9.30. The zero-order valence-corrected chi connectivity index (χ0v) is 8.45. The molecular formula is C9H9BrF2. The summed E-state index contributed by atoms with van der Waals surface area (Å²) in [6, 6.07) is 2.44. The minimum atomic E-state index is -0.498. The highest BCUT2D eigenvalue weighted by atomic mass is 79.9. The third-order valence-electron chi connectivity index (χ3n) is 1.71. The van der Waals surface area contributed by atoms with Gasteiger partial charge in [0.05, 0.1) is 0 Å². The van der Waals surface area contributed by atoms with Crippen LogP contribution < -0.4 is 0 Å². The molecule has 0 aliphatic carbocycles. The van der Waals surface area contributed by atoms with Crippen molar-refractivity contribution in [2.45, 2.75) is 18.7 Å². The van der Waals surface area contributed by atoms with E-state index in [1.165, 1.54) is 6.07 Å². The molecule has 3 heteroatoms. The van der Waals surface area contributed by atoms with Crippen molar-refractivity contribution in [1.82, 2.24) is 0 Å². The summed E-state index contributed by atoms with van der Waals surface area (Å²) in [4.78, 5) is -0.0863. The van der Waals surface area contributed by atoms with E-state index in [-0.39, 0.29) is 4.83 Å². The fourth-order valence-electron chi connectivity index (χ4n) is 0.984. The minimum absolute atomic E-state index is 0.0863. The van der Waals surface area contributed by atoms with Crippen LogP contribution >= 0.6 is 15.9 Å². The smallest absolute Gasteiger partial charge is 0.130 e. The van der Waals surface area contributed by atoms with E-state index in [1.54, 1.807) is 13.8 Å². The standard InChI is InChI=1S/C9H9BrF2/c1-5-3-7(6(2)10)9(12)4-8(5)11/h3-4,6H,1-2H3. The van der Waals surface area contributed by atoms with Gasteiger partial charge < -0.3 is 0 Å². The molecule has 1 aromatic rings. The Balaban J connectivity index is 3.23. The Hall–Kier alpha value is -0.440. The Bertz CT molecular complexity index is 295. The number of rotatable bonds is 1. The van der Waals surface area contributed by atoms with Crippen molar-refractivity contribution in [2.24, 2.45) is 0 Å². The van der Waals surface area contributed by atoms with Crippen LogP contribution in [-0.4, -0.2) is 0 Å². The Morgan fingerprint density at radius 1 is 1.25 bits per heavy atom. The molecule has 0 fully saturated rings. The van der Waals surface area contributed by atoms with Gasteiger partial charge in [0, 0.05) is 16.5 Å². The molecule has 0 saturated carbocycles. The highest BCUT2D eigenvalue weighted by Gasteiger charge is 2.10. The summed E-state index contributed by atoms with van der Waals surface area (Å²) in [5.41, 5.74) is 0.964. The second-order valence-corrected chi connectivity index (χ2v) is 4.11. The Morgan fingerprint density at radius 2 is 1.83 bits per heavy atom. The lowest BCUT2D eigenvalue weighted by molar-refractivity contribution is 0.568. The highest BCUT2D eigenvalue weighted by Crippen LogP contribution is 2.26. The molecule has 1 rings (SSSR count). The normalized spacial score (nSPS) is 13.1. The van der Waals surface area contributed by atoms with Gasteiger partial charge in [0.1, 0.15) is 11.6 Å². The lowest BCUT2D eigenvalue weighted by Crippen LogP contribution is -1.94. The molecule has 0 saturated heterocycles. The van der Waals surface area contributed by atoms with Crippen molar-refractivity contribution in [3.8, 4) is 0 Å². The van der Waals surface area contributed by atoms with Crippen molar-refractivity contribution in [2.75, 3.05) is 0 Å². The van der Waals surface area contributed by atoms with Gasteiger partial charge in [0.25, 0.3) is 0 Å². The topological polar surface area (TPSA) is 0 Å². The first kappa shape index (κ1) is 9.65. The highest BCUT2D eigenvalue weighted by molar-refractivity contribution is 9.09. The van der Waals surface area contributed by atoms with Crippen LogP contribution in [0.1, 0.15) is 22.9 Å². The van der Waals surface area contributed by atoms with Gasteiger partial charge in [0.15, 0.2) is 0 Å². The second-order valence-electron chi connectivity index (χ2n) is 2.74. The van der Waals surface area contributed by atoms with Crippen LogP contribution in [0.4, 0.5) is 8.78 Å². The van der Waals surface area contributed by atoms with E-state index >= 15 is 0 Å². The average Bonchev–Trinajstić information content (AvgIpc) is 1.96. The predicted molar refractivity (Wildman–Crippen MR) is 48.4 cm³/mol. The van der Waals surface area contributed by atoms with Gasteiger partial charge in [0.2, 0.25) is 0 Å². The maximum atomic E-state index is 13.0. The quantitative estimate of drug-likeness (QED) is 0.650. The fraction of sp³-hybridized carbons (Fsp3) is 0.333. The number of benzene rings is 1. The van der Waals surface area contributed by atoms with Crippen molar-refractivity contribution in [1.29, 1.82) is 0 Å². The monoisotopic (exact) mass is 234 g/mol. The van der Waals surface area contributed by atoms with Crippen molar-refractivity contribution in [3.05, 3.63) is 34.9 Å². The van der Waals surface area contributed by atoms with Crippen LogP contribution in [0, 0.1) is 18.6 Å². The van der Waals surface area contributed by atoms with Gasteiger partial charge in [-0.15, -0.1) is 0 Å². The molecule has 0 heterocycles. The minimum Gasteiger partial charge on any atom is -0.207 e. The SMILES string of the molecule is Cc1cc(C(C)Br)c(F)cc1F. The van der Waals surface area contributed by atoms with Gasteiger partial charge in [-0.25, -0.2) is 8.78 Å².